The molecule has 2 saturated carbocycles. The lowest BCUT2D eigenvalue weighted by Crippen LogP contribution is -2.30. The molecular weight excluding hydrogens is 324 g/mol. The Hall–Kier alpha value is -0.340. The molecule has 0 aliphatic heterocycles. The molecule has 0 spiro atoms. The van der Waals surface area contributed by atoms with Crippen LogP contribution in [0.5, 0.6) is 0 Å². The quantitative estimate of drug-likeness (QED) is 0.757. The molecule has 0 aromatic heterocycles. The van der Waals surface area contributed by atoms with Crippen LogP contribution in [-0.4, -0.2) is 11.7 Å². The Morgan fingerprint density at radius 2 is 1.67 bits per heavy atom. The van der Waals surface area contributed by atoms with Gasteiger partial charge in [0.25, 0.3) is 0 Å². The smallest absolute Gasteiger partial charge is 0.0431 e. The van der Waals surface area contributed by atoms with Crippen LogP contribution in [0.4, 0.5) is 0 Å². The monoisotopic (exact) mass is 350 g/mol. The van der Waals surface area contributed by atoms with Crippen molar-refractivity contribution in [2.45, 2.75) is 57.3 Å². The molecule has 0 bridgehead atoms. The maximum absolute atomic E-state index is 9.01. The SMILES string of the molecule is OCCCC1CCC2CC(c3ccc(Br)cc3)CCC2C1. The van der Waals surface area contributed by atoms with E-state index in [9.17, 15) is 0 Å². The van der Waals surface area contributed by atoms with Gasteiger partial charge in [0.15, 0.2) is 0 Å². The Balaban J connectivity index is 1.56. The molecule has 0 amide bonds. The second-order valence-electron chi connectivity index (χ2n) is 7.13. The van der Waals surface area contributed by atoms with E-state index in [1.165, 1.54) is 49.4 Å². The van der Waals surface area contributed by atoms with E-state index in [1.54, 1.807) is 5.56 Å². The largest absolute Gasteiger partial charge is 0.396 e. The average Bonchev–Trinajstić information content (AvgIpc) is 2.53. The van der Waals surface area contributed by atoms with E-state index in [2.05, 4.69) is 40.2 Å². The van der Waals surface area contributed by atoms with Crippen molar-refractivity contribution in [3.05, 3.63) is 34.3 Å². The fraction of sp³-hybridized carbons (Fsp3) is 0.684. The Labute approximate surface area is 137 Å². The highest BCUT2D eigenvalue weighted by molar-refractivity contribution is 9.10. The minimum Gasteiger partial charge on any atom is -0.396 e. The molecule has 2 heteroatoms. The Morgan fingerprint density at radius 1 is 0.952 bits per heavy atom. The van der Waals surface area contributed by atoms with Crippen LogP contribution in [0.1, 0.15) is 62.8 Å². The number of aliphatic hydroxyl groups is 1. The molecule has 3 rings (SSSR count). The standard InChI is InChI=1S/C19H27BrO/c20-19-9-7-15(8-10-19)17-6-5-16-12-14(2-1-11-21)3-4-18(16)13-17/h7-10,14,16-18,21H,1-6,11-13H2. The number of rotatable bonds is 4. The van der Waals surface area contributed by atoms with Crippen LogP contribution in [0.15, 0.2) is 28.7 Å². The van der Waals surface area contributed by atoms with Crippen LogP contribution in [-0.2, 0) is 0 Å². The first-order chi connectivity index (χ1) is 10.3. The number of halogens is 1. The molecule has 0 heterocycles. The molecule has 4 atom stereocenters. The third-order valence-electron chi connectivity index (χ3n) is 5.83. The lowest BCUT2D eigenvalue weighted by molar-refractivity contribution is 0.110. The van der Waals surface area contributed by atoms with E-state index in [1.807, 2.05) is 0 Å². The van der Waals surface area contributed by atoms with Crippen molar-refractivity contribution in [2.24, 2.45) is 17.8 Å². The number of hydrogen-bond donors (Lipinski definition) is 1. The van der Waals surface area contributed by atoms with Crippen molar-refractivity contribution in [3.63, 3.8) is 0 Å². The highest BCUT2D eigenvalue weighted by Crippen LogP contribution is 2.48. The Bertz CT molecular complexity index is 441. The van der Waals surface area contributed by atoms with Crippen LogP contribution >= 0.6 is 15.9 Å². The van der Waals surface area contributed by atoms with Gasteiger partial charge in [-0.25, -0.2) is 0 Å². The minimum atomic E-state index is 0.371. The van der Waals surface area contributed by atoms with E-state index in [0.29, 0.717) is 6.61 Å². The van der Waals surface area contributed by atoms with Gasteiger partial charge in [-0.1, -0.05) is 34.5 Å². The molecule has 1 aromatic rings. The summed E-state index contributed by atoms with van der Waals surface area (Å²) in [5.74, 6) is 3.60. The zero-order chi connectivity index (χ0) is 14.7. The van der Waals surface area contributed by atoms with Crippen molar-refractivity contribution < 1.29 is 5.11 Å². The van der Waals surface area contributed by atoms with Crippen LogP contribution in [0.3, 0.4) is 0 Å². The molecule has 2 aliphatic rings. The summed E-state index contributed by atoms with van der Waals surface area (Å²) < 4.78 is 1.18. The van der Waals surface area contributed by atoms with Gasteiger partial charge in [0.1, 0.15) is 0 Å². The molecular formula is C19H27BrO. The fourth-order valence-corrected chi connectivity index (χ4v) is 4.93. The van der Waals surface area contributed by atoms with E-state index >= 15 is 0 Å². The first-order valence-corrected chi connectivity index (χ1v) is 9.42. The van der Waals surface area contributed by atoms with Crippen molar-refractivity contribution >= 4 is 15.9 Å². The highest BCUT2D eigenvalue weighted by atomic mass is 79.9. The van der Waals surface area contributed by atoms with E-state index in [0.717, 1.165) is 30.1 Å². The van der Waals surface area contributed by atoms with Gasteiger partial charge in [0.2, 0.25) is 0 Å². The predicted octanol–water partition coefficient (Wildman–Crippen LogP) is 5.52. The molecule has 1 nitrogen and oxygen atoms in total. The zero-order valence-corrected chi connectivity index (χ0v) is 14.4. The molecule has 1 aromatic carbocycles. The van der Waals surface area contributed by atoms with Crippen LogP contribution < -0.4 is 0 Å². The number of fused-ring (bicyclic) bond motifs is 1. The van der Waals surface area contributed by atoms with Crippen molar-refractivity contribution in [2.75, 3.05) is 6.61 Å². The first-order valence-electron chi connectivity index (χ1n) is 8.62. The van der Waals surface area contributed by atoms with Crippen molar-refractivity contribution in [1.29, 1.82) is 0 Å². The summed E-state index contributed by atoms with van der Waals surface area (Å²) in [5.41, 5.74) is 1.54. The van der Waals surface area contributed by atoms with Crippen molar-refractivity contribution in [3.8, 4) is 0 Å². The second-order valence-corrected chi connectivity index (χ2v) is 8.04. The molecule has 21 heavy (non-hydrogen) atoms. The number of hydrogen-bond acceptors (Lipinski definition) is 1. The first kappa shape index (κ1) is 15.6. The van der Waals surface area contributed by atoms with Gasteiger partial charge < -0.3 is 5.11 Å². The maximum atomic E-state index is 9.01. The second kappa shape index (κ2) is 7.28. The number of aliphatic hydroxyl groups excluding tert-OH is 1. The lowest BCUT2D eigenvalue weighted by Gasteiger charge is -2.42. The lowest BCUT2D eigenvalue weighted by atomic mass is 9.63. The van der Waals surface area contributed by atoms with Crippen LogP contribution in [0, 0.1) is 17.8 Å². The summed E-state index contributed by atoms with van der Waals surface area (Å²) in [7, 11) is 0. The minimum absolute atomic E-state index is 0.371. The molecule has 0 saturated heterocycles. The summed E-state index contributed by atoms with van der Waals surface area (Å²) >= 11 is 3.53. The average molecular weight is 351 g/mol. The summed E-state index contributed by atoms with van der Waals surface area (Å²) in [5, 5.41) is 9.01. The van der Waals surface area contributed by atoms with Crippen LogP contribution in [0.2, 0.25) is 0 Å². The normalized spacial score (nSPS) is 32.7. The molecule has 2 fully saturated rings. The molecule has 116 valence electrons. The molecule has 0 radical (unpaired) electrons. The Kier molecular flexibility index (Phi) is 5.39. The maximum Gasteiger partial charge on any atom is 0.0431 e. The van der Waals surface area contributed by atoms with Gasteiger partial charge in [-0.05, 0) is 86.3 Å². The molecule has 2 aliphatic carbocycles. The third-order valence-corrected chi connectivity index (χ3v) is 6.36. The van der Waals surface area contributed by atoms with Gasteiger partial charge in [-0.2, -0.15) is 0 Å². The van der Waals surface area contributed by atoms with Gasteiger partial charge >= 0.3 is 0 Å². The van der Waals surface area contributed by atoms with Gasteiger partial charge in [0, 0.05) is 11.1 Å². The summed E-state index contributed by atoms with van der Waals surface area (Å²) in [6.45, 7) is 0.371. The summed E-state index contributed by atoms with van der Waals surface area (Å²) in [6, 6.07) is 8.99. The van der Waals surface area contributed by atoms with Crippen LogP contribution in [0.25, 0.3) is 0 Å². The predicted molar refractivity (Wildman–Crippen MR) is 91.4 cm³/mol. The molecule has 1 N–H and O–H groups in total. The van der Waals surface area contributed by atoms with Gasteiger partial charge in [-0.3, -0.25) is 0 Å². The highest BCUT2D eigenvalue weighted by Gasteiger charge is 2.35. The fourth-order valence-electron chi connectivity index (χ4n) is 4.67. The zero-order valence-electron chi connectivity index (χ0n) is 12.8. The van der Waals surface area contributed by atoms with Gasteiger partial charge in [-0.15, -0.1) is 0 Å². The van der Waals surface area contributed by atoms with E-state index in [-0.39, 0.29) is 0 Å². The van der Waals surface area contributed by atoms with Gasteiger partial charge in [0.05, 0.1) is 0 Å². The number of benzene rings is 1. The van der Waals surface area contributed by atoms with E-state index < -0.39 is 0 Å². The summed E-state index contributed by atoms with van der Waals surface area (Å²) in [4.78, 5) is 0. The van der Waals surface area contributed by atoms with E-state index in [4.69, 9.17) is 5.11 Å². The topological polar surface area (TPSA) is 20.2 Å². The third kappa shape index (κ3) is 3.90. The molecule has 4 unspecified atom stereocenters. The van der Waals surface area contributed by atoms with Crippen molar-refractivity contribution in [1.82, 2.24) is 0 Å². The Morgan fingerprint density at radius 3 is 2.43 bits per heavy atom. The summed E-state index contributed by atoms with van der Waals surface area (Å²) in [6.07, 6.45) is 10.7.